The van der Waals surface area contributed by atoms with E-state index in [1.165, 1.54) is 6.33 Å². The minimum absolute atomic E-state index is 0.0197. The van der Waals surface area contributed by atoms with Crippen molar-refractivity contribution in [1.29, 1.82) is 0 Å². The Hall–Kier alpha value is -1.97. The molecule has 21 heavy (non-hydrogen) atoms. The Labute approximate surface area is 134 Å². The van der Waals surface area contributed by atoms with Gasteiger partial charge in [0.05, 0.1) is 13.1 Å². The lowest BCUT2D eigenvalue weighted by Gasteiger charge is -2.38. The van der Waals surface area contributed by atoms with Gasteiger partial charge in [0.25, 0.3) is 0 Å². The minimum Gasteiger partial charge on any atom is -0.471 e. The van der Waals surface area contributed by atoms with Gasteiger partial charge < -0.3 is 9.64 Å². The second-order valence-corrected chi connectivity index (χ2v) is 5.73. The summed E-state index contributed by atoms with van der Waals surface area (Å²) in [5, 5.41) is 2.70. The Bertz CT molecular complexity index is 616. The Morgan fingerprint density at radius 3 is 2.86 bits per heavy atom. The highest BCUT2D eigenvalue weighted by Crippen LogP contribution is 2.17. The van der Waals surface area contributed by atoms with Crippen molar-refractivity contribution in [2.45, 2.75) is 6.10 Å². The van der Waals surface area contributed by atoms with Gasteiger partial charge in [-0.25, -0.2) is 19.7 Å². The van der Waals surface area contributed by atoms with E-state index in [9.17, 15) is 4.79 Å². The van der Waals surface area contributed by atoms with Crippen molar-refractivity contribution in [1.82, 2.24) is 19.9 Å². The first-order valence-corrected chi connectivity index (χ1v) is 7.39. The van der Waals surface area contributed by atoms with Gasteiger partial charge in [0, 0.05) is 22.0 Å². The molecule has 1 aliphatic rings. The molecule has 0 atom stereocenters. The summed E-state index contributed by atoms with van der Waals surface area (Å²) < 4.78 is 6.73. The largest absolute Gasteiger partial charge is 0.471 e. The van der Waals surface area contributed by atoms with Crippen LogP contribution in [0.2, 0.25) is 0 Å². The van der Waals surface area contributed by atoms with Gasteiger partial charge in [0.2, 0.25) is 5.88 Å². The van der Waals surface area contributed by atoms with Crippen LogP contribution < -0.4 is 10.1 Å². The number of aromatic nitrogens is 3. The average molecular weight is 397 g/mol. The van der Waals surface area contributed by atoms with Gasteiger partial charge in [0.1, 0.15) is 18.2 Å². The van der Waals surface area contributed by atoms with Gasteiger partial charge in [-0.3, -0.25) is 5.32 Å². The number of carbonyl (C=O) groups is 1. The second-order valence-electron chi connectivity index (χ2n) is 4.48. The number of hydrogen-bond acceptors (Lipinski definition) is 5. The van der Waals surface area contributed by atoms with Crippen LogP contribution in [0.3, 0.4) is 0 Å². The van der Waals surface area contributed by atoms with Gasteiger partial charge in [-0.1, -0.05) is 0 Å². The van der Waals surface area contributed by atoms with Crippen molar-refractivity contribution in [3.8, 4) is 5.88 Å². The standard InChI is InChI=1S/C13H12IN5O2/c14-9-1-2-12(16-5-9)21-10-6-19(7-10)13(20)18-11-3-4-15-8-17-11/h1-5,8,10H,6-7H2,(H,15,17,18,20). The Morgan fingerprint density at radius 2 is 2.19 bits per heavy atom. The van der Waals surface area contributed by atoms with E-state index in [4.69, 9.17) is 4.74 Å². The lowest BCUT2D eigenvalue weighted by atomic mass is 10.2. The zero-order valence-corrected chi connectivity index (χ0v) is 13.1. The molecule has 108 valence electrons. The molecular formula is C13H12IN5O2. The lowest BCUT2D eigenvalue weighted by Crippen LogP contribution is -2.57. The summed E-state index contributed by atoms with van der Waals surface area (Å²) in [5.41, 5.74) is 0. The normalized spacial score (nSPS) is 14.4. The molecule has 0 saturated carbocycles. The Morgan fingerprint density at radius 1 is 1.33 bits per heavy atom. The fourth-order valence-corrected chi connectivity index (χ4v) is 2.15. The van der Waals surface area contributed by atoms with Crippen molar-refractivity contribution in [2.75, 3.05) is 18.4 Å². The summed E-state index contributed by atoms with van der Waals surface area (Å²) in [4.78, 5) is 25.5. The van der Waals surface area contributed by atoms with Crippen LogP contribution in [0, 0.1) is 3.57 Å². The lowest BCUT2D eigenvalue weighted by molar-refractivity contribution is 0.0460. The van der Waals surface area contributed by atoms with Gasteiger partial charge in [-0.05, 0) is 34.7 Å². The molecule has 8 heteroatoms. The average Bonchev–Trinajstić information content (AvgIpc) is 2.45. The van der Waals surface area contributed by atoms with Crippen LogP contribution in [-0.4, -0.2) is 45.1 Å². The van der Waals surface area contributed by atoms with Crippen LogP contribution in [0.1, 0.15) is 0 Å². The summed E-state index contributed by atoms with van der Waals surface area (Å²) in [5.74, 6) is 1.06. The molecule has 0 aromatic carbocycles. The number of likely N-dealkylation sites (tertiary alicyclic amines) is 1. The number of nitrogens with one attached hydrogen (secondary N) is 1. The SMILES string of the molecule is O=C(Nc1ccncn1)N1CC(Oc2ccc(I)cn2)C1. The van der Waals surface area contributed by atoms with Crippen LogP contribution in [-0.2, 0) is 0 Å². The van der Waals surface area contributed by atoms with E-state index in [1.807, 2.05) is 12.1 Å². The fraction of sp³-hybridized carbons (Fsp3) is 0.231. The van der Waals surface area contributed by atoms with E-state index in [2.05, 4.69) is 42.9 Å². The number of urea groups is 1. The van der Waals surface area contributed by atoms with E-state index >= 15 is 0 Å². The van der Waals surface area contributed by atoms with Crippen LogP contribution in [0.25, 0.3) is 0 Å². The van der Waals surface area contributed by atoms with E-state index in [-0.39, 0.29) is 12.1 Å². The van der Waals surface area contributed by atoms with Gasteiger partial charge in [0.15, 0.2) is 0 Å². The quantitative estimate of drug-likeness (QED) is 0.799. The molecule has 1 N–H and O–H groups in total. The molecular weight excluding hydrogens is 385 g/mol. The highest BCUT2D eigenvalue weighted by molar-refractivity contribution is 14.1. The minimum atomic E-state index is -0.191. The van der Waals surface area contributed by atoms with Crippen LogP contribution >= 0.6 is 22.6 Å². The number of amides is 2. The first kappa shape index (κ1) is 14.0. The fourth-order valence-electron chi connectivity index (χ4n) is 1.83. The van der Waals surface area contributed by atoms with Crippen molar-refractivity contribution in [2.24, 2.45) is 0 Å². The number of ether oxygens (including phenoxy) is 1. The predicted molar refractivity (Wildman–Crippen MR) is 84.0 cm³/mol. The first-order chi connectivity index (χ1) is 10.2. The zero-order chi connectivity index (χ0) is 14.7. The maximum absolute atomic E-state index is 11.9. The molecule has 2 aromatic heterocycles. The van der Waals surface area contributed by atoms with Gasteiger partial charge >= 0.3 is 6.03 Å². The third-order valence-corrected chi connectivity index (χ3v) is 3.58. The van der Waals surface area contributed by atoms with E-state index < -0.39 is 0 Å². The summed E-state index contributed by atoms with van der Waals surface area (Å²) in [6, 6.07) is 5.21. The number of hydrogen-bond donors (Lipinski definition) is 1. The number of rotatable bonds is 3. The summed E-state index contributed by atoms with van der Waals surface area (Å²) in [7, 11) is 0. The number of pyridine rings is 1. The van der Waals surface area contributed by atoms with Crippen molar-refractivity contribution in [3.63, 3.8) is 0 Å². The predicted octanol–water partition coefficient (Wildman–Crippen LogP) is 1.77. The second kappa shape index (κ2) is 6.20. The smallest absolute Gasteiger partial charge is 0.323 e. The molecule has 2 aromatic rings. The molecule has 1 aliphatic heterocycles. The maximum Gasteiger partial charge on any atom is 0.323 e. The van der Waals surface area contributed by atoms with Crippen LogP contribution in [0.4, 0.5) is 10.6 Å². The molecule has 0 radical (unpaired) electrons. The molecule has 0 unspecified atom stereocenters. The summed E-state index contributed by atoms with van der Waals surface area (Å²) in [6.45, 7) is 1.06. The zero-order valence-electron chi connectivity index (χ0n) is 10.9. The van der Waals surface area contributed by atoms with Crippen LogP contribution in [0.15, 0.2) is 36.9 Å². The number of anilines is 1. The first-order valence-electron chi connectivity index (χ1n) is 6.31. The number of carbonyl (C=O) groups excluding carboxylic acids is 1. The van der Waals surface area contributed by atoms with Crippen molar-refractivity contribution < 1.29 is 9.53 Å². The van der Waals surface area contributed by atoms with E-state index in [0.29, 0.717) is 24.8 Å². The topological polar surface area (TPSA) is 80.2 Å². The van der Waals surface area contributed by atoms with E-state index in [0.717, 1.165) is 3.57 Å². The molecule has 2 amide bonds. The molecule has 0 aliphatic carbocycles. The molecule has 7 nitrogen and oxygen atoms in total. The molecule has 0 spiro atoms. The molecule has 1 fully saturated rings. The number of nitrogens with zero attached hydrogens (tertiary/aromatic N) is 4. The third kappa shape index (κ3) is 3.57. The molecule has 0 bridgehead atoms. The number of halogens is 1. The Balaban J connectivity index is 1.47. The van der Waals surface area contributed by atoms with Crippen LogP contribution in [0.5, 0.6) is 5.88 Å². The van der Waals surface area contributed by atoms with Crippen molar-refractivity contribution in [3.05, 3.63) is 40.5 Å². The summed E-state index contributed by atoms with van der Waals surface area (Å²) >= 11 is 2.19. The summed E-state index contributed by atoms with van der Waals surface area (Å²) in [6.07, 6.45) is 4.69. The molecule has 3 rings (SSSR count). The Kier molecular flexibility index (Phi) is 4.13. The monoisotopic (exact) mass is 397 g/mol. The highest BCUT2D eigenvalue weighted by atomic mass is 127. The van der Waals surface area contributed by atoms with E-state index in [1.54, 1.807) is 23.4 Å². The van der Waals surface area contributed by atoms with Gasteiger partial charge in [-0.15, -0.1) is 0 Å². The highest BCUT2D eigenvalue weighted by Gasteiger charge is 2.32. The molecule has 3 heterocycles. The molecule has 1 saturated heterocycles. The maximum atomic E-state index is 11.9. The van der Waals surface area contributed by atoms with Gasteiger partial charge in [-0.2, -0.15) is 0 Å². The van der Waals surface area contributed by atoms with Crippen molar-refractivity contribution >= 4 is 34.4 Å². The third-order valence-electron chi connectivity index (χ3n) is 2.94.